The van der Waals surface area contributed by atoms with Gasteiger partial charge in [0.05, 0.1) is 0 Å². The second-order valence-corrected chi connectivity index (χ2v) is 2.61. The highest BCUT2D eigenvalue weighted by atomic mass is 15.1. The number of hydrogen-bond donors (Lipinski definition) is 1. The standard InChI is InChI=1S/C9H18N2/c1-4-6-8-11(3)9-7-10-5-2/h1,10H,5-9H2,2-3H3. The summed E-state index contributed by atoms with van der Waals surface area (Å²) in [6.45, 7) is 6.29. The molecule has 0 amide bonds. The second kappa shape index (κ2) is 7.59. The van der Waals surface area contributed by atoms with Crippen molar-refractivity contribution in [3.8, 4) is 12.3 Å². The molecule has 0 aliphatic heterocycles. The van der Waals surface area contributed by atoms with E-state index in [1.54, 1.807) is 0 Å². The van der Waals surface area contributed by atoms with E-state index >= 15 is 0 Å². The van der Waals surface area contributed by atoms with Crippen molar-refractivity contribution < 1.29 is 0 Å². The summed E-state index contributed by atoms with van der Waals surface area (Å²) in [5.41, 5.74) is 0. The Morgan fingerprint density at radius 3 is 2.73 bits per heavy atom. The first-order valence-corrected chi connectivity index (χ1v) is 4.14. The fourth-order valence-electron chi connectivity index (χ4n) is 0.814. The largest absolute Gasteiger partial charge is 0.316 e. The Bertz CT molecular complexity index is 115. The molecule has 0 fully saturated rings. The number of nitrogens with zero attached hydrogens (tertiary/aromatic N) is 1. The number of hydrogen-bond acceptors (Lipinski definition) is 2. The molecule has 64 valence electrons. The molecule has 0 rings (SSSR count). The molecule has 1 N–H and O–H groups in total. The van der Waals surface area contributed by atoms with Crippen molar-refractivity contribution in [1.29, 1.82) is 0 Å². The van der Waals surface area contributed by atoms with Crippen LogP contribution in [0.2, 0.25) is 0 Å². The molecule has 0 aromatic heterocycles. The first kappa shape index (κ1) is 10.5. The van der Waals surface area contributed by atoms with Gasteiger partial charge in [0.15, 0.2) is 0 Å². The highest BCUT2D eigenvalue weighted by molar-refractivity contribution is 4.84. The van der Waals surface area contributed by atoms with Gasteiger partial charge in [-0.25, -0.2) is 0 Å². The number of likely N-dealkylation sites (N-methyl/N-ethyl adjacent to an activating group) is 2. The van der Waals surface area contributed by atoms with Gasteiger partial charge in [0.25, 0.3) is 0 Å². The van der Waals surface area contributed by atoms with Crippen molar-refractivity contribution in [1.82, 2.24) is 10.2 Å². The Kier molecular flexibility index (Phi) is 7.23. The molecule has 2 heteroatoms. The molecule has 11 heavy (non-hydrogen) atoms. The quantitative estimate of drug-likeness (QED) is 0.444. The summed E-state index contributed by atoms with van der Waals surface area (Å²) >= 11 is 0. The minimum absolute atomic E-state index is 0.850. The van der Waals surface area contributed by atoms with Crippen LogP contribution in [0.25, 0.3) is 0 Å². The lowest BCUT2D eigenvalue weighted by atomic mass is 10.4. The number of nitrogens with one attached hydrogen (secondary N) is 1. The summed E-state index contributed by atoms with van der Waals surface area (Å²) in [5.74, 6) is 2.63. The molecule has 0 unspecified atom stereocenters. The Labute approximate surface area is 70.0 Å². The predicted octanol–water partition coefficient (Wildman–Crippen LogP) is 0.551. The van der Waals surface area contributed by atoms with E-state index in [-0.39, 0.29) is 0 Å². The molecule has 0 aromatic carbocycles. The normalized spacial score (nSPS) is 10.0. The molecule has 0 radical (unpaired) electrons. The van der Waals surface area contributed by atoms with Crippen molar-refractivity contribution in [2.75, 3.05) is 33.2 Å². The first-order valence-electron chi connectivity index (χ1n) is 4.14. The average Bonchev–Trinajstić information content (AvgIpc) is 2.01. The predicted molar refractivity (Wildman–Crippen MR) is 49.5 cm³/mol. The lowest BCUT2D eigenvalue weighted by Gasteiger charge is -2.14. The van der Waals surface area contributed by atoms with Crippen LogP contribution in [0.4, 0.5) is 0 Å². The van der Waals surface area contributed by atoms with Gasteiger partial charge in [-0.15, -0.1) is 12.3 Å². The van der Waals surface area contributed by atoms with Crippen LogP contribution in [0.15, 0.2) is 0 Å². The Morgan fingerprint density at radius 2 is 2.18 bits per heavy atom. The highest BCUT2D eigenvalue weighted by Gasteiger charge is 1.94. The molecule has 0 spiro atoms. The Morgan fingerprint density at radius 1 is 1.45 bits per heavy atom. The van der Waals surface area contributed by atoms with Gasteiger partial charge in [-0.05, 0) is 13.6 Å². The minimum atomic E-state index is 0.850. The Balaban J connectivity index is 3.10. The molecule has 2 nitrogen and oxygen atoms in total. The third-order valence-corrected chi connectivity index (χ3v) is 1.56. The SMILES string of the molecule is C#CCCN(C)CCNCC. The molecule has 0 aromatic rings. The molecule has 0 atom stereocenters. The lowest BCUT2D eigenvalue weighted by molar-refractivity contribution is 0.341. The zero-order chi connectivity index (χ0) is 8.53. The molecule has 0 bridgehead atoms. The molecule has 0 saturated heterocycles. The van der Waals surface area contributed by atoms with Crippen LogP contribution >= 0.6 is 0 Å². The highest BCUT2D eigenvalue weighted by Crippen LogP contribution is 1.83. The molecule has 0 saturated carbocycles. The van der Waals surface area contributed by atoms with Gasteiger partial charge in [0.1, 0.15) is 0 Å². The van der Waals surface area contributed by atoms with Crippen molar-refractivity contribution in [3.63, 3.8) is 0 Å². The maximum atomic E-state index is 5.14. The van der Waals surface area contributed by atoms with Crippen LogP contribution in [0.5, 0.6) is 0 Å². The van der Waals surface area contributed by atoms with Crippen LogP contribution in [-0.4, -0.2) is 38.1 Å². The summed E-state index contributed by atoms with van der Waals surface area (Å²) in [6, 6.07) is 0. The van der Waals surface area contributed by atoms with E-state index in [9.17, 15) is 0 Å². The molecule has 0 aliphatic rings. The van der Waals surface area contributed by atoms with E-state index in [2.05, 4.69) is 30.1 Å². The smallest absolute Gasteiger partial charge is 0.0214 e. The maximum Gasteiger partial charge on any atom is 0.0214 e. The van der Waals surface area contributed by atoms with Crippen LogP contribution in [0.3, 0.4) is 0 Å². The van der Waals surface area contributed by atoms with Gasteiger partial charge in [0, 0.05) is 26.1 Å². The fourth-order valence-corrected chi connectivity index (χ4v) is 0.814. The molecular formula is C9H18N2. The minimum Gasteiger partial charge on any atom is -0.316 e. The Hall–Kier alpha value is -0.520. The van der Waals surface area contributed by atoms with Gasteiger partial charge in [-0.1, -0.05) is 6.92 Å². The fraction of sp³-hybridized carbons (Fsp3) is 0.778. The van der Waals surface area contributed by atoms with Gasteiger partial charge in [-0.2, -0.15) is 0 Å². The van der Waals surface area contributed by atoms with Gasteiger partial charge < -0.3 is 10.2 Å². The summed E-state index contributed by atoms with van der Waals surface area (Å²) < 4.78 is 0. The van der Waals surface area contributed by atoms with E-state index in [4.69, 9.17) is 6.42 Å². The van der Waals surface area contributed by atoms with Gasteiger partial charge >= 0.3 is 0 Å². The second-order valence-electron chi connectivity index (χ2n) is 2.61. The zero-order valence-electron chi connectivity index (χ0n) is 7.56. The third-order valence-electron chi connectivity index (χ3n) is 1.56. The first-order chi connectivity index (χ1) is 5.31. The van der Waals surface area contributed by atoms with Crippen molar-refractivity contribution >= 4 is 0 Å². The van der Waals surface area contributed by atoms with Gasteiger partial charge in [0.2, 0.25) is 0 Å². The average molecular weight is 154 g/mol. The molecule has 0 aliphatic carbocycles. The van der Waals surface area contributed by atoms with Crippen LogP contribution in [0, 0.1) is 12.3 Å². The lowest BCUT2D eigenvalue weighted by Crippen LogP contribution is -2.29. The van der Waals surface area contributed by atoms with Crippen molar-refractivity contribution in [2.45, 2.75) is 13.3 Å². The zero-order valence-corrected chi connectivity index (χ0v) is 7.56. The topological polar surface area (TPSA) is 15.3 Å². The van der Waals surface area contributed by atoms with E-state index in [1.165, 1.54) is 0 Å². The van der Waals surface area contributed by atoms with Crippen molar-refractivity contribution in [3.05, 3.63) is 0 Å². The summed E-state index contributed by atoms with van der Waals surface area (Å²) in [5, 5.41) is 3.26. The molecule has 0 heterocycles. The van der Waals surface area contributed by atoms with Crippen LogP contribution < -0.4 is 5.32 Å². The monoisotopic (exact) mass is 154 g/mol. The molecular weight excluding hydrogens is 136 g/mol. The number of terminal acetylenes is 1. The van der Waals surface area contributed by atoms with E-state index in [1.807, 2.05) is 0 Å². The van der Waals surface area contributed by atoms with E-state index in [0.717, 1.165) is 32.6 Å². The van der Waals surface area contributed by atoms with E-state index in [0.29, 0.717) is 0 Å². The van der Waals surface area contributed by atoms with Crippen LogP contribution in [-0.2, 0) is 0 Å². The van der Waals surface area contributed by atoms with Crippen LogP contribution in [0.1, 0.15) is 13.3 Å². The summed E-state index contributed by atoms with van der Waals surface area (Å²) in [6.07, 6.45) is 5.99. The van der Waals surface area contributed by atoms with Gasteiger partial charge in [-0.3, -0.25) is 0 Å². The number of rotatable bonds is 6. The van der Waals surface area contributed by atoms with Crippen molar-refractivity contribution in [2.24, 2.45) is 0 Å². The van der Waals surface area contributed by atoms with E-state index < -0.39 is 0 Å². The third kappa shape index (κ3) is 7.38. The maximum absolute atomic E-state index is 5.14. The summed E-state index contributed by atoms with van der Waals surface area (Å²) in [7, 11) is 2.09. The summed E-state index contributed by atoms with van der Waals surface area (Å²) in [4.78, 5) is 2.24.